The molecule has 2 aromatic rings. The summed E-state index contributed by atoms with van der Waals surface area (Å²) in [5.41, 5.74) is 5.96. The first kappa shape index (κ1) is 24.5. The summed E-state index contributed by atoms with van der Waals surface area (Å²) < 4.78 is 6.26. The van der Waals surface area contributed by atoms with Gasteiger partial charge >= 0.3 is 0 Å². The summed E-state index contributed by atoms with van der Waals surface area (Å²) in [5.74, 6) is 0.737. The number of nitrogen functional groups attached to an aromatic ring is 1. The molecule has 6 rings (SSSR count). The predicted molar refractivity (Wildman–Crippen MR) is 142 cm³/mol. The van der Waals surface area contributed by atoms with Gasteiger partial charge in [0.1, 0.15) is 11.2 Å². The summed E-state index contributed by atoms with van der Waals surface area (Å²) in [6, 6.07) is 5.95. The normalized spacial score (nSPS) is 23.1. The van der Waals surface area contributed by atoms with Crippen LogP contribution in [0, 0.1) is 5.41 Å². The Bertz CT molecular complexity index is 1210. The van der Waals surface area contributed by atoms with Gasteiger partial charge in [0.2, 0.25) is 0 Å². The number of piperidine rings is 2. The van der Waals surface area contributed by atoms with Gasteiger partial charge in [-0.25, -0.2) is 0 Å². The third-order valence-corrected chi connectivity index (χ3v) is 9.73. The van der Waals surface area contributed by atoms with Crippen molar-refractivity contribution in [3.63, 3.8) is 0 Å². The van der Waals surface area contributed by atoms with Crippen LogP contribution < -0.4 is 10.5 Å². The number of carbonyl (C=O) groups is 3. The highest BCUT2D eigenvalue weighted by atomic mass is 32.1. The van der Waals surface area contributed by atoms with Gasteiger partial charge in [-0.15, -0.1) is 11.3 Å². The molecule has 2 N–H and O–H groups in total. The van der Waals surface area contributed by atoms with Crippen LogP contribution in [-0.2, 0) is 9.59 Å². The van der Waals surface area contributed by atoms with Gasteiger partial charge in [0, 0.05) is 48.9 Å². The van der Waals surface area contributed by atoms with Gasteiger partial charge in [0.05, 0.1) is 17.7 Å². The molecule has 4 aliphatic heterocycles. The second kappa shape index (κ2) is 9.47. The number of hydrogen-bond donors (Lipinski definition) is 1. The molecule has 0 saturated carbocycles. The van der Waals surface area contributed by atoms with Crippen molar-refractivity contribution in [2.75, 3.05) is 52.1 Å². The molecule has 1 aromatic carbocycles. The summed E-state index contributed by atoms with van der Waals surface area (Å²) in [6.07, 6.45) is 6.12. The lowest BCUT2D eigenvalue weighted by atomic mass is 9.78. The van der Waals surface area contributed by atoms with E-state index in [2.05, 4.69) is 4.90 Å². The van der Waals surface area contributed by atoms with Crippen molar-refractivity contribution in [2.45, 2.75) is 51.0 Å². The molecule has 4 aliphatic rings. The third-order valence-electron chi connectivity index (χ3n) is 8.75. The Labute approximate surface area is 221 Å². The molecule has 5 heterocycles. The summed E-state index contributed by atoms with van der Waals surface area (Å²) in [6.45, 7) is 3.98. The molecule has 1 aromatic heterocycles. The Balaban J connectivity index is 1.14. The average Bonchev–Trinajstić information content (AvgIpc) is 3.19. The van der Waals surface area contributed by atoms with Gasteiger partial charge < -0.3 is 15.4 Å². The highest BCUT2D eigenvalue weighted by Crippen LogP contribution is 2.42. The minimum atomic E-state index is -0.923. The molecule has 3 amide bonds. The van der Waals surface area contributed by atoms with Gasteiger partial charge in [0.15, 0.2) is 0 Å². The Morgan fingerprint density at radius 3 is 2.38 bits per heavy atom. The zero-order valence-electron chi connectivity index (χ0n) is 21.4. The minimum absolute atomic E-state index is 0.00755. The van der Waals surface area contributed by atoms with Gasteiger partial charge in [-0.2, -0.15) is 0 Å². The number of likely N-dealkylation sites (tertiary alicyclic amines) is 2. The molecular weight excluding hydrogens is 490 g/mol. The number of rotatable bonds is 3. The number of fused-ring (bicyclic) bond motifs is 2. The van der Waals surface area contributed by atoms with Crippen LogP contribution in [0.15, 0.2) is 18.2 Å². The zero-order chi connectivity index (χ0) is 25.7. The molecule has 0 bridgehead atoms. The van der Waals surface area contributed by atoms with Crippen LogP contribution in [0.5, 0.6) is 5.75 Å². The first-order chi connectivity index (χ1) is 17.9. The van der Waals surface area contributed by atoms with Crippen molar-refractivity contribution in [2.24, 2.45) is 5.41 Å². The molecule has 0 unspecified atom stereocenters. The SMILES string of the molecule is COc1ccc2c(C(=O)N3CCC(N4CCCC5(C4)C(=O)N4CCCCCN4C5=O)CC3)c(N)sc2c1. The van der Waals surface area contributed by atoms with E-state index in [-0.39, 0.29) is 23.8 Å². The van der Waals surface area contributed by atoms with E-state index in [0.717, 1.165) is 60.9 Å². The Hall–Kier alpha value is -2.85. The second-order valence-corrected chi connectivity index (χ2v) is 11.9. The highest BCUT2D eigenvalue weighted by Gasteiger charge is 2.60. The fourth-order valence-corrected chi connectivity index (χ4v) is 7.73. The summed E-state index contributed by atoms with van der Waals surface area (Å²) >= 11 is 1.41. The van der Waals surface area contributed by atoms with E-state index in [0.29, 0.717) is 49.7 Å². The van der Waals surface area contributed by atoms with Crippen molar-refractivity contribution < 1.29 is 19.1 Å². The quantitative estimate of drug-likeness (QED) is 0.619. The van der Waals surface area contributed by atoms with E-state index in [1.807, 2.05) is 23.1 Å². The molecule has 4 saturated heterocycles. The lowest BCUT2D eigenvalue weighted by Gasteiger charge is -2.44. The number of ether oxygens (including phenoxy) is 1. The standard InChI is InChI=1S/C27H35N5O4S/c1-36-19-6-7-20-21(16-19)37-23(28)22(20)24(33)29-14-8-18(9-15-29)30-11-5-10-27(17-30)25(34)31-12-3-2-4-13-32(31)26(27)35/h6-7,16,18H,2-5,8-15,17,28H2,1H3. The number of methoxy groups -OCH3 is 1. The van der Waals surface area contributed by atoms with Crippen molar-refractivity contribution >= 4 is 44.1 Å². The van der Waals surface area contributed by atoms with Gasteiger partial charge in [-0.3, -0.25) is 29.3 Å². The third kappa shape index (κ3) is 3.96. The number of benzene rings is 1. The molecule has 198 valence electrons. The molecule has 9 nitrogen and oxygen atoms in total. The lowest BCUT2D eigenvalue weighted by molar-refractivity contribution is -0.145. The van der Waals surface area contributed by atoms with Crippen LogP contribution in [0.2, 0.25) is 0 Å². The lowest BCUT2D eigenvalue weighted by Crippen LogP contribution is -2.56. The first-order valence-corrected chi connectivity index (χ1v) is 14.3. The highest BCUT2D eigenvalue weighted by molar-refractivity contribution is 7.23. The van der Waals surface area contributed by atoms with Gasteiger partial charge in [-0.05, 0) is 69.7 Å². The monoisotopic (exact) mass is 525 g/mol. The average molecular weight is 526 g/mol. The molecule has 10 heteroatoms. The molecule has 1 spiro atoms. The fraction of sp³-hybridized carbons (Fsp3) is 0.593. The molecule has 0 atom stereocenters. The number of nitrogens with zero attached hydrogens (tertiary/aromatic N) is 4. The molecule has 0 radical (unpaired) electrons. The fourth-order valence-electron chi connectivity index (χ4n) is 6.73. The van der Waals surface area contributed by atoms with E-state index in [1.54, 1.807) is 17.1 Å². The smallest absolute Gasteiger partial charge is 0.258 e. The number of nitrogens with two attached hydrogens (primary N) is 1. The largest absolute Gasteiger partial charge is 0.497 e. The number of carbonyl (C=O) groups excluding carboxylic acids is 3. The minimum Gasteiger partial charge on any atom is -0.497 e. The van der Waals surface area contributed by atoms with Crippen molar-refractivity contribution in [3.8, 4) is 5.75 Å². The van der Waals surface area contributed by atoms with Crippen molar-refractivity contribution in [3.05, 3.63) is 23.8 Å². The Morgan fingerprint density at radius 2 is 1.70 bits per heavy atom. The van der Waals surface area contributed by atoms with E-state index in [9.17, 15) is 14.4 Å². The summed E-state index contributed by atoms with van der Waals surface area (Å²) in [5, 5.41) is 4.89. The first-order valence-electron chi connectivity index (χ1n) is 13.5. The second-order valence-electron chi connectivity index (χ2n) is 10.8. The van der Waals surface area contributed by atoms with Crippen LogP contribution in [0.4, 0.5) is 5.00 Å². The maximum absolute atomic E-state index is 13.5. The van der Waals surface area contributed by atoms with E-state index < -0.39 is 5.41 Å². The van der Waals surface area contributed by atoms with E-state index in [1.165, 1.54) is 11.3 Å². The number of hydrogen-bond acceptors (Lipinski definition) is 7. The number of thiophene rings is 1. The van der Waals surface area contributed by atoms with E-state index in [4.69, 9.17) is 10.5 Å². The van der Waals surface area contributed by atoms with Crippen LogP contribution in [0.1, 0.15) is 55.3 Å². The number of anilines is 1. The molecular formula is C27H35N5O4S. The van der Waals surface area contributed by atoms with Gasteiger partial charge in [-0.1, -0.05) is 0 Å². The molecule has 37 heavy (non-hydrogen) atoms. The van der Waals surface area contributed by atoms with Crippen LogP contribution >= 0.6 is 11.3 Å². The summed E-state index contributed by atoms with van der Waals surface area (Å²) in [7, 11) is 1.63. The van der Waals surface area contributed by atoms with Crippen LogP contribution in [0.3, 0.4) is 0 Å². The molecule has 4 fully saturated rings. The maximum Gasteiger partial charge on any atom is 0.258 e. The van der Waals surface area contributed by atoms with Crippen molar-refractivity contribution in [1.82, 2.24) is 19.8 Å². The van der Waals surface area contributed by atoms with Crippen LogP contribution in [0.25, 0.3) is 10.1 Å². The van der Waals surface area contributed by atoms with Crippen molar-refractivity contribution in [1.29, 1.82) is 0 Å². The number of hydrazine groups is 1. The Morgan fingerprint density at radius 1 is 1.00 bits per heavy atom. The topological polar surface area (TPSA) is 99.4 Å². The maximum atomic E-state index is 13.5. The Kier molecular flexibility index (Phi) is 6.27. The summed E-state index contributed by atoms with van der Waals surface area (Å²) in [4.78, 5) is 44.8. The molecule has 0 aliphatic carbocycles. The number of amides is 3. The van der Waals surface area contributed by atoms with E-state index >= 15 is 0 Å². The predicted octanol–water partition coefficient (Wildman–Crippen LogP) is 2.95. The zero-order valence-corrected chi connectivity index (χ0v) is 22.2. The van der Waals surface area contributed by atoms with Crippen LogP contribution in [-0.4, -0.2) is 90.0 Å². The van der Waals surface area contributed by atoms with Gasteiger partial charge in [0.25, 0.3) is 17.7 Å².